The third-order valence-corrected chi connectivity index (χ3v) is 5.06. The lowest BCUT2D eigenvalue weighted by Crippen LogP contribution is -2.53. The lowest BCUT2D eigenvalue weighted by atomic mass is 9.91. The maximum absolute atomic E-state index is 12.3. The minimum atomic E-state index is -0.429. The van der Waals surface area contributed by atoms with Gasteiger partial charge in [0.05, 0.1) is 0 Å². The van der Waals surface area contributed by atoms with Gasteiger partial charge in [0.25, 0.3) is 0 Å². The van der Waals surface area contributed by atoms with Gasteiger partial charge in [0.2, 0.25) is 0 Å². The van der Waals surface area contributed by atoms with Crippen LogP contribution in [0.3, 0.4) is 0 Å². The van der Waals surface area contributed by atoms with Crippen LogP contribution in [0.25, 0.3) is 0 Å². The first-order chi connectivity index (χ1) is 10.8. The average molecular weight is 326 g/mol. The van der Waals surface area contributed by atoms with Gasteiger partial charge in [-0.05, 0) is 65.3 Å². The van der Waals surface area contributed by atoms with Crippen LogP contribution in [0.5, 0.6) is 0 Å². The summed E-state index contributed by atoms with van der Waals surface area (Å²) in [6, 6.07) is 1.17. The number of nitrogens with zero attached hydrogens (tertiary/aromatic N) is 2. The molecule has 2 aliphatic heterocycles. The Morgan fingerprint density at radius 3 is 2.61 bits per heavy atom. The first-order valence-corrected chi connectivity index (χ1v) is 9.16. The van der Waals surface area contributed by atoms with Crippen molar-refractivity contribution in [2.24, 2.45) is 5.92 Å². The largest absolute Gasteiger partial charge is 0.444 e. The zero-order valence-electron chi connectivity index (χ0n) is 15.3. The number of hydrogen-bond donors (Lipinski definition) is 1. The van der Waals surface area contributed by atoms with Crippen LogP contribution < -0.4 is 0 Å². The molecule has 0 saturated carbocycles. The second-order valence-corrected chi connectivity index (χ2v) is 8.16. The molecule has 3 atom stereocenters. The van der Waals surface area contributed by atoms with E-state index in [9.17, 15) is 4.79 Å². The number of aliphatic hydroxyl groups excluding tert-OH is 1. The Bertz CT molecular complexity index is 394. The van der Waals surface area contributed by atoms with Gasteiger partial charge in [-0.25, -0.2) is 4.79 Å². The van der Waals surface area contributed by atoms with Gasteiger partial charge in [-0.15, -0.1) is 0 Å². The summed E-state index contributed by atoms with van der Waals surface area (Å²) in [6.07, 6.45) is 5.34. The van der Waals surface area contributed by atoms with E-state index in [0.29, 0.717) is 18.0 Å². The molecule has 2 saturated heterocycles. The van der Waals surface area contributed by atoms with Gasteiger partial charge in [0.15, 0.2) is 0 Å². The third-order valence-electron chi connectivity index (χ3n) is 5.06. The predicted octanol–water partition coefficient (Wildman–Crippen LogP) is 2.87. The number of ether oxygens (including phenoxy) is 1. The van der Waals surface area contributed by atoms with Crippen molar-refractivity contribution in [1.29, 1.82) is 0 Å². The second kappa shape index (κ2) is 7.84. The van der Waals surface area contributed by atoms with Crippen molar-refractivity contribution >= 4 is 6.09 Å². The fraction of sp³-hybridized carbons (Fsp3) is 0.944. The molecule has 0 aromatic heterocycles. The highest BCUT2D eigenvalue weighted by atomic mass is 16.6. The number of hydrogen-bond acceptors (Lipinski definition) is 4. The normalized spacial score (nSPS) is 29.8. The Morgan fingerprint density at radius 2 is 2.00 bits per heavy atom. The topological polar surface area (TPSA) is 53.0 Å². The lowest BCUT2D eigenvalue weighted by Gasteiger charge is -2.43. The molecule has 2 aliphatic rings. The Labute approximate surface area is 141 Å². The molecule has 0 bridgehead atoms. The Kier molecular flexibility index (Phi) is 6.32. The second-order valence-electron chi connectivity index (χ2n) is 8.16. The highest BCUT2D eigenvalue weighted by molar-refractivity contribution is 5.68. The van der Waals surface area contributed by atoms with E-state index >= 15 is 0 Å². The monoisotopic (exact) mass is 326 g/mol. The number of carbonyl (C=O) groups excluding carboxylic acids is 1. The Morgan fingerprint density at radius 1 is 1.26 bits per heavy atom. The number of likely N-dealkylation sites (tertiary alicyclic amines) is 2. The number of amides is 1. The molecule has 2 heterocycles. The molecule has 134 valence electrons. The van der Waals surface area contributed by atoms with Gasteiger partial charge in [-0.1, -0.05) is 6.92 Å². The Hall–Kier alpha value is -0.810. The smallest absolute Gasteiger partial charge is 0.410 e. The summed E-state index contributed by atoms with van der Waals surface area (Å²) in [5.41, 5.74) is -0.429. The van der Waals surface area contributed by atoms with E-state index in [-0.39, 0.29) is 12.7 Å². The molecule has 23 heavy (non-hydrogen) atoms. The van der Waals surface area contributed by atoms with E-state index in [0.717, 1.165) is 38.9 Å². The number of rotatable bonds is 4. The van der Waals surface area contributed by atoms with Gasteiger partial charge >= 0.3 is 6.09 Å². The fourth-order valence-corrected chi connectivity index (χ4v) is 4.05. The quantitative estimate of drug-likeness (QED) is 0.863. The zero-order valence-corrected chi connectivity index (χ0v) is 15.3. The zero-order chi connectivity index (χ0) is 17.0. The van der Waals surface area contributed by atoms with Gasteiger partial charge < -0.3 is 14.7 Å². The van der Waals surface area contributed by atoms with Crippen LogP contribution in [0.4, 0.5) is 4.79 Å². The van der Waals surface area contributed by atoms with Gasteiger partial charge in [0, 0.05) is 31.8 Å². The molecule has 0 radical (unpaired) electrons. The van der Waals surface area contributed by atoms with Crippen molar-refractivity contribution in [2.45, 2.75) is 77.5 Å². The molecule has 3 unspecified atom stereocenters. The number of piperidine rings is 1. The maximum atomic E-state index is 12.3. The standard InChI is InChI=1S/C18H34N2O3/c1-14-13-19(17(22)23-18(2,3)4)11-9-16(14)20-10-5-7-15(20)8-6-12-21/h14-16,21H,5-13H2,1-4H3. The molecule has 5 nitrogen and oxygen atoms in total. The van der Waals surface area contributed by atoms with Crippen molar-refractivity contribution in [3.8, 4) is 0 Å². The highest BCUT2D eigenvalue weighted by Gasteiger charge is 2.38. The molecule has 2 fully saturated rings. The van der Waals surface area contributed by atoms with Gasteiger partial charge in [-0.3, -0.25) is 4.90 Å². The van der Waals surface area contributed by atoms with E-state index in [1.165, 1.54) is 12.8 Å². The summed E-state index contributed by atoms with van der Waals surface area (Å²) in [6.45, 7) is 11.0. The van der Waals surface area contributed by atoms with Crippen LogP contribution in [-0.4, -0.2) is 64.9 Å². The van der Waals surface area contributed by atoms with Gasteiger partial charge in [-0.2, -0.15) is 0 Å². The molecular weight excluding hydrogens is 292 g/mol. The highest BCUT2D eigenvalue weighted by Crippen LogP contribution is 2.31. The van der Waals surface area contributed by atoms with Crippen LogP contribution in [0.1, 0.15) is 59.8 Å². The van der Waals surface area contributed by atoms with Crippen LogP contribution in [0, 0.1) is 5.92 Å². The van der Waals surface area contributed by atoms with Crippen molar-refractivity contribution in [3.63, 3.8) is 0 Å². The maximum Gasteiger partial charge on any atom is 0.410 e. The summed E-state index contributed by atoms with van der Waals surface area (Å²) < 4.78 is 5.51. The fourth-order valence-electron chi connectivity index (χ4n) is 4.05. The van der Waals surface area contributed by atoms with E-state index in [1.807, 2.05) is 25.7 Å². The molecule has 1 amide bonds. The molecule has 0 spiro atoms. The minimum Gasteiger partial charge on any atom is -0.444 e. The van der Waals surface area contributed by atoms with E-state index in [2.05, 4.69) is 11.8 Å². The SMILES string of the molecule is CC1CN(C(=O)OC(C)(C)C)CCC1N1CCCC1CCCO. The van der Waals surface area contributed by atoms with E-state index in [4.69, 9.17) is 9.84 Å². The molecule has 2 rings (SSSR count). The van der Waals surface area contributed by atoms with Crippen molar-refractivity contribution in [1.82, 2.24) is 9.80 Å². The Balaban J connectivity index is 1.89. The third kappa shape index (κ3) is 5.08. The minimum absolute atomic E-state index is 0.180. The van der Waals surface area contributed by atoms with Crippen molar-refractivity contribution in [2.75, 3.05) is 26.2 Å². The number of carbonyl (C=O) groups is 1. The number of aliphatic hydroxyl groups is 1. The van der Waals surface area contributed by atoms with Crippen LogP contribution in [0.2, 0.25) is 0 Å². The molecule has 0 aromatic carbocycles. The van der Waals surface area contributed by atoms with Crippen LogP contribution in [0.15, 0.2) is 0 Å². The molecule has 0 aliphatic carbocycles. The summed E-state index contributed by atoms with van der Waals surface area (Å²) in [5, 5.41) is 9.09. The van der Waals surface area contributed by atoms with Crippen LogP contribution in [-0.2, 0) is 4.74 Å². The first kappa shape index (κ1) is 18.5. The molecule has 0 aromatic rings. The van der Waals surface area contributed by atoms with Crippen molar-refractivity contribution < 1.29 is 14.6 Å². The lowest BCUT2D eigenvalue weighted by molar-refractivity contribution is 0.00167. The molecule has 5 heteroatoms. The molecular formula is C18H34N2O3. The van der Waals surface area contributed by atoms with E-state index in [1.54, 1.807) is 0 Å². The summed E-state index contributed by atoms with van der Waals surface area (Å²) >= 11 is 0. The first-order valence-electron chi connectivity index (χ1n) is 9.16. The van der Waals surface area contributed by atoms with E-state index < -0.39 is 5.60 Å². The van der Waals surface area contributed by atoms with Gasteiger partial charge in [0.1, 0.15) is 5.60 Å². The predicted molar refractivity (Wildman–Crippen MR) is 91.4 cm³/mol. The molecule has 1 N–H and O–H groups in total. The summed E-state index contributed by atoms with van der Waals surface area (Å²) in [7, 11) is 0. The van der Waals surface area contributed by atoms with Crippen LogP contribution >= 0.6 is 0 Å². The van der Waals surface area contributed by atoms with Crippen molar-refractivity contribution in [3.05, 3.63) is 0 Å². The average Bonchev–Trinajstić information content (AvgIpc) is 2.91. The summed E-state index contributed by atoms with van der Waals surface area (Å²) in [5.74, 6) is 0.464. The summed E-state index contributed by atoms with van der Waals surface area (Å²) in [4.78, 5) is 16.8.